The molecule has 53 valence electrons. The van der Waals surface area contributed by atoms with Gasteiger partial charge in [0.2, 0.25) is 0 Å². The van der Waals surface area contributed by atoms with Gasteiger partial charge in [-0.2, -0.15) is 0 Å². The van der Waals surface area contributed by atoms with Crippen molar-refractivity contribution in [1.29, 1.82) is 0 Å². The molecule has 0 spiro atoms. The molecule has 0 aromatic rings. The van der Waals surface area contributed by atoms with E-state index in [0.29, 0.717) is 0 Å². The molecular formula is C3H13O2PtY-3. The van der Waals surface area contributed by atoms with Crippen LogP contribution in [0.3, 0.4) is 0 Å². The molecule has 0 unspecified atom stereocenters. The minimum atomic E-state index is 0. The molecule has 0 bridgehead atoms. The monoisotopic (exact) mass is 365 g/mol. The van der Waals surface area contributed by atoms with Gasteiger partial charge in [0.1, 0.15) is 0 Å². The van der Waals surface area contributed by atoms with Crippen LogP contribution in [0.5, 0.6) is 0 Å². The molecule has 0 fully saturated rings. The van der Waals surface area contributed by atoms with Crippen LogP contribution in [-0.2, 0) is 53.8 Å². The van der Waals surface area contributed by atoms with E-state index < -0.39 is 0 Å². The smallest absolute Gasteiger partial charge is 0 e. The van der Waals surface area contributed by atoms with Gasteiger partial charge in [0.15, 0.2) is 0 Å². The molecule has 4 heteroatoms. The van der Waals surface area contributed by atoms with Gasteiger partial charge < -0.3 is 33.2 Å². The molecule has 2 nitrogen and oxygen atoms in total. The molecular weight excluding hydrogens is 352 g/mol. The predicted molar refractivity (Wildman–Crippen MR) is 26.5 cm³/mol. The summed E-state index contributed by atoms with van der Waals surface area (Å²) in [5, 5.41) is 0. The molecule has 4 N–H and O–H groups in total. The second-order valence-electron chi connectivity index (χ2n) is 0. The third-order valence-electron chi connectivity index (χ3n) is 0. The van der Waals surface area contributed by atoms with E-state index >= 15 is 0 Å². The number of hydrogen-bond donors (Lipinski definition) is 0. The number of hydrogen-bond acceptors (Lipinski definition) is 0. The van der Waals surface area contributed by atoms with Gasteiger partial charge in [0.25, 0.3) is 0 Å². The first kappa shape index (κ1) is 177. The summed E-state index contributed by atoms with van der Waals surface area (Å²) in [5.41, 5.74) is 0. The third-order valence-corrected chi connectivity index (χ3v) is 0. The summed E-state index contributed by atoms with van der Waals surface area (Å²) < 4.78 is 0. The average molecular weight is 365 g/mol. The van der Waals surface area contributed by atoms with Crippen LogP contribution in [0.2, 0.25) is 0 Å². The zero-order valence-electron chi connectivity index (χ0n) is 4.89. The summed E-state index contributed by atoms with van der Waals surface area (Å²) in [6, 6.07) is 0. The molecule has 0 heterocycles. The van der Waals surface area contributed by atoms with Crippen molar-refractivity contribution in [1.82, 2.24) is 0 Å². The van der Waals surface area contributed by atoms with E-state index in [1.807, 2.05) is 0 Å². The van der Waals surface area contributed by atoms with E-state index in [4.69, 9.17) is 0 Å². The van der Waals surface area contributed by atoms with Gasteiger partial charge in [0, 0.05) is 53.8 Å². The zero-order chi connectivity index (χ0) is 0. The van der Waals surface area contributed by atoms with Crippen molar-refractivity contribution >= 4 is 0 Å². The molecule has 0 aliphatic rings. The maximum absolute atomic E-state index is 0. The summed E-state index contributed by atoms with van der Waals surface area (Å²) >= 11 is 0. The molecule has 0 rings (SSSR count). The Balaban J connectivity index is 0. The van der Waals surface area contributed by atoms with E-state index in [9.17, 15) is 0 Å². The van der Waals surface area contributed by atoms with E-state index in [-0.39, 0.29) is 87.0 Å². The van der Waals surface area contributed by atoms with Gasteiger partial charge in [-0.05, 0) is 0 Å². The summed E-state index contributed by atoms with van der Waals surface area (Å²) in [5.74, 6) is 0. The van der Waals surface area contributed by atoms with Crippen LogP contribution in [-0.4, -0.2) is 11.0 Å². The number of rotatable bonds is 0. The summed E-state index contributed by atoms with van der Waals surface area (Å²) in [6.07, 6.45) is 0. The zero-order valence-corrected chi connectivity index (χ0v) is 10.0. The molecule has 0 aromatic heterocycles. The molecule has 0 amide bonds. The molecule has 0 atom stereocenters. The Kier molecular flexibility index (Phi) is 2990. The second kappa shape index (κ2) is 119. The summed E-state index contributed by atoms with van der Waals surface area (Å²) in [4.78, 5) is 0. The van der Waals surface area contributed by atoms with Crippen LogP contribution in [0.15, 0.2) is 0 Å². The van der Waals surface area contributed by atoms with Crippen molar-refractivity contribution in [2.75, 3.05) is 0 Å². The van der Waals surface area contributed by atoms with Gasteiger partial charge in [-0.15, -0.1) is 0 Å². The Hall–Kier alpha value is 1.71. The Morgan fingerprint density at radius 2 is 0.571 bits per heavy atom. The van der Waals surface area contributed by atoms with Crippen molar-refractivity contribution in [2.24, 2.45) is 0 Å². The van der Waals surface area contributed by atoms with Gasteiger partial charge in [-0.3, -0.25) is 0 Å². The standard InChI is InChI=1S/3CH3.2H2O.Pt.Y/h3*1H3;2*1H2;;/q3*-1;;;;. The Labute approximate surface area is 86.2 Å². The second-order valence-corrected chi connectivity index (χ2v) is 0. The van der Waals surface area contributed by atoms with Gasteiger partial charge in [-0.25, -0.2) is 0 Å². The van der Waals surface area contributed by atoms with Gasteiger partial charge in [-0.1, -0.05) is 0 Å². The van der Waals surface area contributed by atoms with Crippen molar-refractivity contribution < 1.29 is 64.7 Å². The molecule has 7 heavy (non-hydrogen) atoms. The van der Waals surface area contributed by atoms with Crippen molar-refractivity contribution in [3.05, 3.63) is 22.3 Å². The molecule has 0 aromatic carbocycles. The van der Waals surface area contributed by atoms with Crippen molar-refractivity contribution in [3.63, 3.8) is 0 Å². The average Bonchev–Trinajstić information content (AvgIpc) is 0. The van der Waals surface area contributed by atoms with Crippen LogP contribution in [0.25, 0.3) is 0 Å². The minimum Gasteiger partial charge on any atom is -0.412 e. The van der Waals surface area contributed by atoms with Crippen molar-refractivity contribution in [2.45, 2.75) is 0 Å². The first-order valence-electron chi connectivity index (χ1n) is 0. The maximum Gasteiger partial charge on any atom is 0 e. The van der Waals surface area contributed by atoms with E-state index in [2.05, 4.69) is 0 Å². The van der Waals surface area contributed by atoms with E-state index in [1.54, 1.807) is 0 Å². The Bertz CT molecular complexity index is 12.9. The molecule has 0 saturated carbocycles. The van der Waals surface area contributed by atoms with Crippen LogP contribution < -0.4 is 0 Å². The molecule has 0 aliphatic carbocycles. The fourth-order valence-corrected chi connectivity index (χ4v) is 0. The molecule has 0 aliphatic heterocycles. The normalized spacial score (nSPS) is 0. The fraction of sp³-hybridized carbons (Fsp3) is 0. The van der Waals surface area contributed by atoms with Gasteiger partial charge in [0.05, 0.1) is 0 Å². The molecule has 0 saturated heterocycles. The van der Waals surface area contributed by atoms with Crippen molar-refractivity contribution in [3.8, 4) is 0 Å². The van der Waals surface area contributed by atoms with E-state index in [0.717, 1.165) is 0 Å². The Morgan fingerprint density at radius 3 is 0.571 bits per heavy atom. The van der Waals surface area contributed by atoms with Crippen LogP contribution in [0.4, 0.5) is 0 Å². The first-order valence-corrected chi connectivity index (χ1v) is 0. The van der Waals surface area contributed by atoms with Crippen LogP contribution >= 0.6 is 0 Å². The van der Waals surface area contributed by atoms with Crippen LogP contribution in [0, 0.1) is 22.3 Å². The van der Waals surface area contributed by atoms with Crippen LogP contribution in [0.1, 0.15) is 0 Å². The molecule has 1 radical (unpaired) electrons. The predicted octanol–water partition coefficient (Wildman–Crippen LogP) is -0.304. The van der Waals surface area contributed by atoms with Gasteiger partial charge >= 0.3 is 0 Å². The SMILES string of the molecule is O.O.[CH3-].[CH3-].[CH3-].[Pt].[Y]. The summed E-state index contributed by atoms with van der Waals surface area (Å²) in [6.45, 7) is 0. The third kappa shape index (κ3) is 85.8. The Morgan fingerprint density at radius 1 is 0.571 bits per heavy atom. The fourth-order valence-electron chi connectivity index (χ4n) is 0. The van der Waals surface area contributed by atoms with E-state index in [1.165, 1.54) is 0 Å². The first-order chi connectivity index (χ1) is 0. The maximum atomic E-state index is 0. The largest absolute Gasteiger partial charge is 0.412 e. The summed E-state index contributed by atoms with van der Waals surface area (Å²) in [7, 11) is 0. The minimum absolute atomic E-state index is 0. The topological polar surface area (TPSA) is 63.0 Å². The quantitative estimate of drug-likeness (QED) is 0.530.